The van der Waals surface area contributed by atoms with E-state index in [9.17, 15) is 13.2 Å². The van der Waals surface area contributed by atoms with Crippen LogP contribution in [0.5, 0.6) is 0 Å². The number of nitrogens with zero attached hydrogens (tertiary/aromatic N) is 2. The summed E-state index contributed by atoms with van der Waals surface area (Å²) < 4.78 is 27.4. The Morgan fingerprint density at radius 1 is 1.07 bits per heavy atom. The van der Waals surface area contributed by atoms with Crippen LogP contribution in [0.4, 0.5) is 0 Å². The monoisotopic (exact) mass is 396 g/mol. The van der Waals surface area contributed by atoms with E-state index in [4.69, 9.17) is 0 Å². The van der Waals surface area contributed by atoms with Gasteiger partial charge in [-0.2, -0.15) is 4.31 Å². The molecule has 0 atom stereocenters. The standard InChI is InChI=1S/C20H33N3O3S/c1-15(2)23(16(3)4)20(24)14-21-9-11-22(12-10-21)27(25,26)19-8-7-17(5)18(6)13-19/h7-8,13,15-16H,9-12,14H2,1-6H3/p+1. The zero-order valence-electron chi connectivity index (χ0n) is 17.4. The fourth-order valence-electron chi connectivity index (χ4n) is 3.72. The fourth-order valence-corrected chi connectivity index (χ4v) is 5.25. The molecule has 2 rings (SSSR count). The number of benzene rings is 1. The molecule has 1 aromatic carbocycles. The Morgan fingerprint density at radius 2 is 1.63 bits per heavy atom. The molecule has 0 unspecified atom stereocenters. The number of sulfonamides is 1. The first-order valence-electron chi connectivity index (χ1n) is 9.76. The molecule has 0 aliphatic carbocycles. The topological polar surface area (TPSA) is 62.1 Å². The highest BCUT2D eigenvalue weighted by atomic mass is 32.2. The van der Waals surface area contributed by atoms with Crippen molar-refractivity contribution < 1.29 is 18.1 Å². The Morgan fingerprint density at radius 3 is 2.11 bits per heavy atom. The Balaban J connectivity index is 2.00. The Bertz CT molecular complexity index is 759. The lowest BCUT2D eigenvalue weighted by atomic mass is 10.1. The Kier molecular flexibility index (Phi) is 7.05. The predicted molar refractivity (Wildman–Crippen MR) is 107 cm³/mol. The third-order valence-electron chi connectivity index (χ3n) is 5.35. The number of piperazine rings is 1. The van der Waals surface area contributed by atoms with Crippen molar-refractivity contribution in [3.63, 3.8) is 0 Å². The maximum Gasteiger partial charge on any atom is 0.278 e. The third-order valence-corrected chi connectivity index (χ3v) is 7.24. The van der Waals surface area contributed by atoms with E-state index >= 15 is 0 Å². The Hall–Kier alpha value is -1.44. The van der Waals surface area contributed by atoms with E-state index in [-0.39, 0.29) is 18.0 Å². The van der Waals surface area contributed by atoms with Crippen LogP contribution in [-0.4, -0.2) is 68.3 Å². The smallest absolute Gasteiger partial charge is 0.278 e. The van der Waals surface area contributed by atoms with Crippen molar-refractivity contribution in [2.45, 2.75) is 58.5 Å². The van der Waals surface area contributed by atoms with Gasteiger partial charge >= 0.3 is 0 Å². The van der Waals surface area contributed by atoms with Gasteiger partial charge in [0.15, 0.2) is 6.54 Å². The molecule has 152 valence electrons. The minimum absolute atomic E-state index is 0.139. The van der Waals surface area contributed by atoms with Crippen LogP contribution in [0.25, 0.3) is 0 Å². The van der Waals surface area contributed by atoms with E-state index in [0.717, 1.165) is 16.0 Å². The van der Waals surface area contributed by atoms with Crippen LogP contribution in [0.1, 0.15) is 38.8 Å². The van der Waals surface area contributed by atoms with E-state index in [2.05, 4.69) is 0 Å². The predicted octanol–water partition coefficient (Wildman–Crippen LogP) is 0.838. The minimum atomic E-state index is -3.47. The zero-order valence-corrected chi connectivity index (χ0v) is 18.3. The number of quaternary nitrogens is 1. The molecule has 6 nitrogen and oxygen atoms in total. The van der Waals surface area contributed by atoms with Gasteiger partial charge in [-0.1, -0.05) is 6.07 Å². The molecule has 1 aliphatic rings. The van der Waals surface area contributed by atoms with Crippen LogP contribution in [0.2, 0.25) is 0 Å². The molecule has 0 bridgehead atoms. The van der Waals surface area contributed by atoms with Gasteiger partial charge in [0.2, 0.25) is 10.0 Å². The second kappa shape index (κ2) is 8.71. The van der Waals surface area contributed by atoms with Crippen molar-refractivity contribution in [3.8, 4) is 0 Å². The van der Waals surface area contributed by atoms with Crippen LogP contribution in [-0.2, 0) is 14.8 Å². The molecule has 1 fully saturated rings. The summed E-state index contributed by atoms with van der Waals surface area (Å²) in [4.78, 5) is 16.1. The molecule has 1 heterocycles. The van der Waals surface area contributed by atoms with Gasteiger partial charge in [0.05, 0.1) is 31.1 Å². The summed E-state index contributed by atoms with van der Waals surface area (Å²) in [5, 5.41) is 0. The molecule has 1 amide bonds. The summed E-state index contributed by atoms with van der Waals surface area (Å²) in [5.74, 6) is 0.139. The average molecular weight is 397 g/mol. The molecule has 1 N–H and O–H groups in total. The van der Waals surface area contributed by atoms with E-state index in [1.54, 1.807) is 16.4 Å². The van der Waals surface area contributed by atoms with Crippen LogP contribution in [0, 0.1) is 13.8 Å². The molecular weight excluding hydrogens is 362 g/mol. The maximum absolute atomic E-state index is 12.9. The summed E-state index contributed by atoms with van der Waals surface area (Å²) in [6.07, 6.45) is 0. The molecule has 7 heteroatoms. The first kappa shape index (κ1) is 21.9. The lowest BCUT2D eigenvalue weighted by molar-refractivity contribution is -0.896. The van der Waals surface area contributed by atoms with E-state index in [0.29, 0.717) is 37.6 Å². The van der Waals surface area contributed by atoms with Gasteiger partial charge < -0.3 is 9.80 Å². The fraction of sp³-hybridized carbons (Fsp3) is 0.650. The molecule has 1 saturated heterocycles. The molecule has 0 saturated carbocycles. The highest BCUT2D eigenvalue weighted by Gasteiger charge is 2.32. The summed E-state index contributed by atoms with van der Waals surface area (Å²) in [5.41, 5.74) is 2.06. The lowest BCUT2D eigenvalue weighted by Gasteiger charge is -2.35. The maximum atomic E-state index is 12.9. The number of carbonyl (C=O) groups excluding carboxylic acids is 1. The average Bonchev–Trinajstić information content (AvgIpc) is 2.57. The molecule has 27 heavy (non-hydrogen) atoms. The highest BCUT2D eigenvalue weighted by molar-refractivity contribution is 7.89. The largest absolute Gasteiger partial charge is 0.333 e. The van der Waals surface area contributed by atoms with Crippen molar-refractivity contribution in [1.29, 1.82) is 0 Å². The zero-order chi connectivity index (χ0) is 20.4. The second-order valence-electron chi connectivity index (χ2n) is 8.07. The highest BCUT2D eigenvalue weighted by Crippen LogP contribution is 2.19. The number of hydrogen-bond donors (Lipinski definition) is 1. The lowest BCUT2D eigenvalue weighted by Crippen LogP contribution is -3.15. The first-order valence-corrected chi connectivity index (χ1v) is 11.2. The van der Waals surface area contributed by atoms with Gasteiger partial charge in [-0.25, -0.2) is 8.42 Å². The SMILES string of the molecule is Cc1ccc(S(=O)(=O)N2CC[NH+](CC(=O)N(C(C)C)C(C)C)CC2)cc1C. The van der Waals surface area contributed by atoms with Crippen LogP contribution >= 0.6 is 0 Å². The van der Waals surface area contributed by atoms with Gasteiger partial charge in [0.1, 0.15) is 0 Å². The summed E-state index contributed by atoms with van der Waals surface area (Å²) in [6, 6.07) is 5.63. The van der Waals surface area contributed by atoms with Gasteiger partial charge in [0.25, 0.3) is 5.91 Å². The summed E-state index contributed by atoms with van der Waals surface area (Å²) in [6.45, 7) is 14.6. The molecule has 1 aliphatic heterocycles. The molecule has 0 radical (unpaired) electrons. The van der Waals surface area contributed by atoms with Gasteiger partial charge in [-0.15, -0.1) is 0 Å². The van der Waals surface area contributed by atoms with E-state index < -0.39 is 10.0 Å². The van der Waals surface area contributed by atoms with Crippen molar-refractivity contribution >= 4 is 15.9 Å². The summed E-state index contributed by atoms with van der Waals surface area (Å²) in [7, 11) is -3.47. The number of rotatable bonds is 6. The quantitative estimate of drug-likeness (QED) is 0.775. The molecule has 0 aromatic heterocycles. The van der Waals surface area contributed by atoms with E-state index in [1.165, 1.54) is 0 Å². The van der Waals surface area contributed by atoms with Crippen molar-refractivity contribution in [1.82, 2.24) is 9.21 Å². The molecule has 0 spiro atoms. The second-order valence-corrected chi connectivity index (χ2v) is 10.0. The van der Waals surface area contributed by atoms with Crippen LogP contribution < -0.4 is 4.90 Å². The number of aryl methyl sites for hydroxylation is 2. The first-order chi connectivity index (χ1) is 12.5. The van der Waals surface area contributed by atoms with Crippen LogP contribution in [0.15, 0.2) is 23.1 Å². The summed E-state index contributed by atoms with van der Waals surface area (Å²) >= 11 is 0. The van der Waals surface area contributed by atoms with Crippen molar-refractivity contribution in [2.75, 3.05) is 32.7 Å². The normalized spacial score (nSPS) is 16.9. The number of nitrogens with one attached hydrogen (secondary N) is 1. The third kappa shape index (κ3) is 5.09. The molecular formula is C20H34N3O3S+. The Labute approximate surface area is 164 Å². The molecule has 1 aromatic rings. The number of hydrogen-bond acceptors (Lipinski definition) is 3. The minimum Gasteiger partial charge on any atom is -0.333 e. The van der Waals surface area contributed by atoms with Crippen molar-refractivity contribution in [3.05, 3.63) is 29.3 Å². The van der Waals surface area contributed by atoms with Crippen LogP contribution in [0.3, 0.4) is 0 Å². The van der Waals surface area contributed by atoms with Gasteiger partial charge in [-0.3, -0.25) is 4.79 Å². The van der Waals surface area contributed by atoms with E-state index in [1.807, 2.05) is 52.5 Å². The van der Waals surface area contributed by atoms with Crippen molar-refractivity contribution in [2.24, 2.45) is 0 Å². The van der Waals surface area contributed by atoms with Gasteiger partial charge in [0, 0.05) is 12.1 Å². The number of amides is 1. The van der Waals surface area contributed by atoms with Gasteiger partial charge in [-0.05, 0) is 64.8 Å². The number of carbonyl (C=O) groups is 1.